The summed E-state index contributed by atoms with van der Waals surface area (Å²) in [5.74, 6) is 0.863. The molecule has 110 valence electrons. The van der Waals surface area contributed by atoms with E-state index in [1.54, 1.807) is 4.90 Å². The van der Waals surface area contributed by atoms with Gasteiger partial charge in [-0.2, -0.15) is 5.10 Å². The molecule has 1 aliphatic heterocycles. The molecule has 6 heteroatoms. The zero-order valence-corrected chi connectivity index (χ0v) is 12.6. The first-order chi connectivity index (χ1) is 9.41. The molecular formula is C14H22N4O2. The van der Waals surface area contributed by atoms with Crippen molar-refractivity contribution < 1.29 is 9.53 Å². The second-order valence-electron chi connectivity index (χ2n) is 5.97. The fourth-order valence-corrected chi connectivity index (χ4v) is 2.14. The summed E-state index contributed by atoms with van der Waals surface area (Å²) in [6.07, 6.45) is -0.265. The van der Waals surface area contributed by atoms with Crippen LogP contribution in [0.2, 0.25) is 0 Å². The minimum absolute atomic E-state index is 0.00904. The van der Waals surface area contributed by atoms with E-state index in [4.69, 9.17) is 4.74 Å². The van der Waals surface area contributed by atoms with Gasteiger partial charge in [-0.1, -0.05) is 20.8 Å². The molecule has 0 aromatic carbocycles. The van der Waals surface area contributed by atoms with E-state index in [9.17, 15) is 4.79 Å². The first-order valence-corrected chi connectivity index (χ1v) is 6.84. The van der Waals surface area contributed by atoms with Crippen LogP contribution in [-0.4, -0.2) is 54.5 Å². The molecule has 1 aromatic heterocycles. The van der Waals surface area contributed by atoms with Gasteiger partial charge in [0.1, 0.15) is 0 Å². The van der Waals surface area contributed by atoms with Gasteiger partial charge >= 0.3 is 6.09 Å². The lowest BCUT2D eigenvalue weighted by molar-refractivity contribution is 0.121. The minimum Gasteiger partial charge on any atom is -0.453 e. The highest BCUT2D eigenvalue weighted by molar-refractivity contribution is 5.67. The van der Waals surface area contributed by atoms with Crippen molar-refractivity contribution in [1.29, 1.82) is 0 Å². The number of piperazine rings is 1. The normalized spacial score (nSPS) is 16.2. The molecular weight excluding hydrogens is 256 g/mol. The van der Waals surface area contributed by atoms with E-state index in [2.05, 4.69) is 35.9 Å². The van der Waals surface area contributed by atoms with Gasteiger partial charge in [0, 0.05) is 31.6 Å². The lowest BCUT2D eigenvalue weighted by Gasteiger charge is -2.34. The van der Waals surface area contributed by atoms with Crippen molar-refractivity contribution in [2.24, 2.45) is 0 Å². The fraction of sp³-hybridized carbons (Fsp3) is 0.643. The molecule has 0 saturated carbocycles. The predicted molar refractivity (Wildman–Crippen MR) is 76.9 cm³/mol. The van der Waals surface area contributed by atoms with Crippen LogP contribution in [0.5, 0.6) is 0 Å². The highest BCUT2D eigenvalue weighted by atomic mass is 16.5. The van der Waals surface area contributed by atoms with E-state index in [0.717, 1.165) is 24.6 Å². The third kappa shape index (κ3) is 3.18. The van der Waals surface area contributed by atoms with Crippen LogP contribution in [0, 0.1) is 0 Å². The maximum Gasteiger partial charge on any atom is 0.409 e. The number of ether oxygens (including phenoxy) is 1. The molecule has 1 aromatic rings. The number of aromatic nitrogens is 2. The van der Waals surface area contributed by atoms with E-state index in [1.807, 2.05) is 12.1 Å². The zero-order chi connectivity index (χ0) is 14.8. The Morgan fingerprint density at radius 1 is 1.15 bits per heavy atom. The number of nitrogens with zero attached hydrogens (tertiary/aromatic N) is 4. The quantitative estimate of drug-likeness (QED) is 0.782. The molecule has 0 spiro atoms. The first kappa shape index (κ1) is 14.6. The van der Waals surface area contributed by atoms with Crippen LogP contribution in [0.1, 0.15) is 26.5 Å². The topological polar surface area (TPSA) is 58.6 Å². The van der Waals surface area contributed by atoms with Crippen LogP contribution in [0.3, 0.4) is 0 Å². The molecule has 1 saturated heterocycles. The molecule has 0 bridgehead atoms. The molecule has 6 nitrogen and oxygen atoms in total. The SMILES string of the molecule is COC(=O)N1CCN(c2ccc(C(C)(C)C)nn2)CC1. The summed E-state index contributed by atoms with van der Waals surface area (Å²) in [6, 6.07) is 4.02. The van der Waals surface area contributed by atoms with Crippen molar-refractivity contribution in [2.45, 2.75) is 26.2 Å². The number of hydrogen-bond donors (Lipinski definition) is 0. The van der Waals surface area contributed by atoms with Crippen molar-refractivity contribution in [2.75, 3.05) is 38.2 Å². The molecule has 0 radical (unpaired) electrons. The summed E-state index contributed by atoms with van der Waals surface area (Å²) in [5, 5.41) is 8.60. The van der Waals surface area contributed by atoms with E-state index in [0.29, 0.717) is 13.1 Å². The van der Waals surface area contributed by atoms with E-state index >= 15 is 0 Å². The number of methoxy groups -OCH3 is 1. The second kappa shape index (κ2) is 5.64. The molecule has 0 aliphatic carbocycles. The lowest BCUT2D eigenvalue weighted by Crippen LogP contribution is -2.49. The van der Waals surface area contributed by atoms with Crippen LogP contribution >= 0.6 is 0 Å². The molecule has 1 aliphatic rings. The maximum atomic E-state index is 11.4. The van der Waals surface area contributed by atoms with E-state index in [-0.39, 0.29) is 11.5 Å². The van der Waals surface area contributed by atoms with Crippen molar-refractivity contribution in [1.82, 2.24) is 15.1 Å². The standard InChI is InChI=1S/C14H22N4O2/c1-14(2,3)11-5-6-12(16-15-11)17-7-9-18(10-8-17)13(19)20-4/h5-6H,7-10H2,1-4H3. The Kier molecular flexibility index (Phi) is 4.11. The summed E-state index contributed by atoms with van der Waals surface area (Å²) in [5.41, 5.74) is 0.990. The first-order valence-electron chi connectivity index (χ1n) is 6.84. The molecule has 1 amide bonds. The van der Waals surface area contributed by atoms with E-state index < -0.39 is 0 Å². The summed E-state index contributed by atoms with van der Waals surface area (Å²) < 4.78 is 4.72. The van der Waals surface area contributed by atoms with Crippen LogP contribution in [0.4, 0.5) is 10.6 Å². The Bertz CT molecular complexity index is 459. The predicted octanol–water partition coefficient (Wildman–Crippen LogP) is 1.66. The van der Waals surface area contributed by atoms with Gasteiger partial charge in [0.05, 0.1) is 12.8 Å². The number of amides is 1. The molecule has 2 heterocycles. The van der Waals surface area contributed by atoms with Crippen LogP contribution < -0.4 is 4.90 Å². The summed E-state index contributed by atoms with van der Waals surface area (Å²) in [4.78, 5) is 15.3. The van der Waals surface area contributed by atoms with Crippen molar-refractivity contribution in [3.63, 3.8) is 0 Å². The Hall–Kier alpha value is -1.85. The number of carbonyl (C=O) groups is 1. The zero-order valence-electron chi connectivity index (χ0n) is 12.6. The number of anilines is 1. The Balaban J connectivity index is 1.99. The fourth-order valence-electron chi connectivity index (χ4n) is 2.14. The van der Waals surface area contributed by atoms with Gasteiger partial charge in [-0.15, -0.1) is 5.10 Å². The Labute approximate surface area is 119 Å². The van der Waals surface area contributed by atoms with E-state index in [1.165, 1.54) is 7.11 Å². The van der Waals surface area contributed by atoms with Gasteiger partial charge in [0.15, 0.2) is 5.82 Å². The average Bonchev–Trinajstić information content (AvgIpc) is 2.46. The van der Waals surface area contributed by atoms with Crippen molar-refractivity contribution in [3.8, 4) is 0 Å². The van der Waals surface area contributed by atoms with Gasteiger partial charge in [0.2, 0.25) is 0 Å². The lowest BCUT2D eigenvalue weighted by atomic mass is 9.92. The van der Waals surface area contributed by atoms with Crippen LogP contribution in [0.15, 0.2) is 12.1 Å². The van der Waals surface area contributed by atoms with Gasteiger partial charge in [-0.25, -0.2) is 4.79 Å². The van der Waals surface area contributed by atoms with Gasteiger partial charge in [-0.05, 0) is 12.1 Å². The van der Waals surface area contributed by atoms with Crippen molar-refractivity contribution in [3.05, 3.63) is 17.8 Å². The highest BCUT2D eigenvalue weighted by Gasteiger charge is 2.23. The van der Waals surface area contributed by atoms with Crippen LogP contribution in [0.25, 0.3) is 0 Å². The molecule has 0 unspecified atom stereocenters. The monoisotopic (exact) mass is 278 g/mol. The molecule has 1 fully saturated rings. The third-order valence-electron chi connectivity index (χ3n) is 3.46. The molecule has 0 N–H and O–H groups in total. The molecule has 0 atom stereocenters. The second-order valence-corrected chi connectivity index (χ2v) is 5.97. The average molecular weight is 278 g/mol. The maximum absolute atomic E-state index is 11.4. The Morgan fingerprint density at radius 2 is 1.80 bits per heavy atom. The Morgan fingerprint density at radius 3 is 2.25 bits per heavy atom. The van der Waals surface area contributed by atoms with Crippen molar-refractivity contribution >= 4 is 11.9 Å². The highest BCUT2D eigenvalue weighted by Crippen LogP contribution is 2.21. The summed E-state index contributed by atoms with van der Waals surface area (Å²) >= 11 is 0. The minimum atomic E-state index is -0.265. The molecule has 2 rings (SSSR count). The van der Waals surface area contributed by atoms with Gasteiger partial charge in [-0.3, -0.25) is 0 Å². The summed E-state index contributed by atoms with van der Waals surface area (Å²) in [6.45, 7) is 9.14. The number of carbonyl (C=O) groups excluding carboxylic acids is 1. The number of rotatable bonds is 1. The largest absolute Gasteiger partial charge is 0.453 e. The number of hydrogen-bond acceptors (Lipinski definition) is 5. The van der Waals surface area contributed by atoms with Gasteiger partial charge < -0.3 is 14.5 Å². The smallest absolute Gasteiger partial charge is 0.409 e. The molecule has 20 heavy (non-hydrogen) atoms. The third-order valence-corrected chi connectivity index (χ3v) is 3.46. The summed E-state index contributed by atoms with van der Waals surface area (Å²) in [7, 11) is 1.41. The van der Waals surface area contributed by atoms with Crippen LogP contribution in [-0.2, 0) is 10.2 Å². The van der Waals surface area contributed by atoms with Gasteiger partial charge in [0.25, 0.3) is 0 Å².